The van der Waals surface area contributed by atoms with Gasteiger partial charge in [-0.3, -0.25) is 9.11 Å². The van der Waals surface area contributed by atoms with Gasteiger partial charge in [0.25, 0.3) is 20.2 Å². The molecule has 0 radical (unpaired) electrons. The first-order chi connectivity index (χ1) is 7.12. The summed E-state index contributed by atoms with van der Waals surface area (Å²) in [6, 6.07) is 5.36. The zero-order valence-corrected chi connectivity index (χ0v) is 9.86. The molecular weight excluding hydrogens is 256 g/mol. The lowest BCUT2D eigenvalue weighted by atomic mass is 10.2. The molecule has 90 valence electrons. The first-order valence-electron chi connectivity index (χ1n) is 4.11. The minimum absolute atomic E-state index is 0.212. The molecule has 0 aliphatic carbocycles. The van der Waals surface area contributed by atoms with Crippen molar-refractivity contribution in [3.05, 3.63) is 35.4 Å². The molecule has 0 saturated heterocycles. The lowest BCUT2D eigenvalue weighted by molar-refractivity contribution is 0.456. The van der Waals surface area contributed by atoms with Gasteiger partial charge in [-0.25, -0.2) is 0 Å². The Balaban J connectivity index is 3.41. The molecule has 1 aromatic carbocycles. The van der Waals surface area contributed by atoms with Crippen molar-refractivity contribution in [1.82, 2.24) is 0 Å². The van der Waals surface area contributed by atoms with E-state index >= 15 is 0 Å². The van der Waals surface area contributed by atoms with Gasteiger partial charge in [-0.15, -0.1) is 0 Å². The van der Waals surface area contributed by atoms with Crippen LogP contribution in [-0.2, 0) is 20.2 Å². The van der Waals surface area contributed by atoms with Gasteiger partial charge in [0.15, 0.2) is 0 Å². The molecule has 0 aromatic heterocycles. The lowest BCUT2D eigenvalue weighted by Crippen LogP contribution is -2.21. The van der Waals surface area contributed by atoms with E-state index in [0.29, 0.717) is 0 Å². The molecule has 0 heterocycles. The lowest BCUT2D eigenvalue weighted by Gasteiger charge is -2.10. The molecule has 0 amide bonds. The molecule has 1 aromatic rings. The van der Waals surface area contributed by atoms with Crippen molar-refractivity contribution < 1.29 is 25.9 Å². The summed E-state index contributed by atoms with van der Waals surface area (Å²) in [4.78, 5) is 0. The predicted octanol–water partition coefficient (Wildman–Crippen LogP) is 0.769. The summed E-state index contributed by atoms with van der Waals surface area (Å²) in [5, 5.41) is 0. The average molecular weight is 266 g/mol. The molecule has 8 heteroatoms. The van der Waals surface area contributed by atoms with Crippen LogP contribution in [0.5, 0.6) is 0 Å². The Kier molecular flexibility index (Phi) is 3.38. The van der Waals surface area contributed by atoms with E-state index < -0.39 is 24.8 Å². The van der Waals surface area contributed by atoms with E-state index in [1.807, 2.05) is 0 Å². The molecule has 0 aliphatic rings. The van der Waals surface area contributed by atoms with Gasteiger partial charge in [-0.2, -0.15) is 16.8 Å². The van der Waals surface area contributed by atoms with Crippen LogP contribution in [0.1, 0.15) is 15.7 Å². The summed E-state index contributed by atoms with van der Waals surface area (Å²) in [5.41, 5.74) is 0.573. The summed E-state index contributed by atoms with van der Waals surface area (Å²) < 4.78 is 58.7. The molecule has 0 aliphatic heterocycles. The Hall–Kier alpha value is -0.960. The minimum Gasteiger partial charge on any atom is -0.284 e. The molecule has 0 fully saturated rings. The summed E-state index contributed by atoms with van der Waals surface area (Å²) in [5.74, 6) is 0. The third-order valence-corrected chi connectivity index (χ3v) is 4.98. The second kappa shape index (κ2) is 4.13. The highest BCUT2D eigenvalue weighted by Crippen LogP contribution is 2.26. The van der Waals surface area contributed by atoms with Crippen molar-refractivity contribution in [1.29, 1.82) is 0 Å². The number of hydrogen-bond donors (Lipinski definition) is 2. The van der Waals surface area contributed by atoms with Crippen LogP contribution in [-0.4, -0.2) is 25.9 Å². The van der Waals surface area contributed by atoms with Crippen LogP contribution in [0.2, 0.25) is 0 Å². The fourth-order valence-electron chi connectivity index (χ4n) is 1.22. The smallest absolute Gasteiger partial charge is 0.284 e. The predicted molar refractivity (Wildman–Crippen MR) is 57.0 cm³/mol. The van der Waals surface area contributed by atoms with Crippen LogP contribution < -0.4 is 0 Å². The van der Waals surface area contributed by atoms with Crippen molar-refractivity contribution in [3.8, 4) is 0 Å². The number of aryl methyl sites for hydroxylation is 1. The molecule has 0 bridgehead atoms. The van der Waals surface area contributed by atoms with Crippen molar-refractivity contribution in [2.75, 3.05) is 0 Å². The second-order valence-corrected chi connectivity index (χ2v) is 6.57. The Morgan fingerprint density at radius 3 is 1.62 bits per heavy atom. The zero-order chi connectivity index (χ0) is 12.6. The van der Waals surface area contributed by atoms with Gasteiger partial charge >= 0.3 is 0 Å². The standard InChI is InChI=1S/C8H10O6S2/c1-6-2-4-7(5-3-6)8(15(9,10)11)16(12,13)14/h2-5,8H,1H3,(H,9,10,11)(H,12,13,14). The van der Waals surface area contributed by atoms with Crippen LogP contribution in [0.15, 0.2) is 24.3 Å². The molecule has 2 N–H and O–H groups in total. The number of rotatable bonds is 3. The van der Waals surface area contributed by atoms with Gasteiger partial charge in [0.05, 0.1) is 0 Å². The fraction of sp³-hybridized carbons (Fsp3) is 0.250. The monoisotopic (exact) mass is 266 g/mol. The van der Waals surface area contributed by atoms with Crippen LogP contribution >= 0.6 is 0 Å². The number of hydrogen-bond acceptors (Lipinski definition) is 4. The molecular formula is C8H10O6S2. The number of benzene rings is 1. The first-order valence-corrected chi connectivity index (χ1v) is 7.12. The van der Waals surface area contributed by atoms with E-state index in [0.717, 1.165) is 5.56 Å². The molecule has 0 saturated carbocycles. The van der Waals surface area contributed by atoms with E-state index in [4.69, 9.17) is 9.11 Å². The van der Waals surface area contributed by atoms with Crippen molar-refractivity contribution in [3.63, 3.8) is 0 Å². The Morgan fingerprint density at radius 1 is 0.938 bits per heavy atom. The highest BCUT2D eigenvalue weighted by Gasteiger charge is 2.36. The maximum absolute atomic E-state index is 10.9. The Morgan fingerprint density at radius 2 is 1.31 bits per heavy atom. The average Bonchev–Trinajstić information content (AvgIpc) is 2.03. The van der Waals surface area contributed by atoms with Crippen molar-refractivity contribution >= 4 is 20.2 Å². The maximum atomic E-state index is 10.9. The van der Waals surface area contributed by atoms with E-state index in [2.05, 4.69) is 0 Å². The molecule has 0 atom stereocenters. The van der Waals surface area contributed by atoms with Crippen LogP contribution in [0.25, 0.3) is 0 Å². The van der Waals surface area contributed by atoms with Gasteiger partial charge in [0.1, 0.15) is 0 Å². The normalized spacial score (nSPS) is 13.0. The third kappa shape index (κ3) is 3.01. The topological polar surface area (TPSA) is 109 Å². The quantitative estimate of drug-likeness (QED) is 0.782. The van der Waals surface area contributed by atoms with Crippen LogP contribution in [0.4, 0.5) is 0 Å². The Bertz CT molecular complexity index is 537. The molecule has 0 spiro atoms. The second-order valence-electron chi connectivity index (χ2n) is 3.27. The van der Waals surface area contributed by atoms with Gasteiger partial charge in [-0.1, -0.05) is 29.8 Å². The summed E-state index contributed by atoms with van der Waals surface area (Å²) >= 11 is 0. The van der Waals surface area contributed by atoms with Crippen molar-refractivity contribution in [2.45, 2.75) is 11.5 Å². The van der Waals surface area contributed by atoms with E-state index in [1.165, 1.54) is 24.3 Å². The SMILES string of the molecule is Cc1ccc(C(S(=O)(=O)O)S(=O)(=O)O)cc1. The summed E-state index contributed by atoms with van der Waals surface area (Å²) in [7, 11) is -9.85. The van der Waals surface area contributed by atoms with Gasteiger partial charge < -0.3 is 0 Å². The largest absolute Gasteiger partial charge is 0.289 e. The van der Waals surface area contributed by atoms with Gasteiger partial charge in [0.2, 0.25) is 4.58 Å². The van der Waals surface area contributed by atoms with E-state index in [9.17, 15) is 16.8 Å². The maximum Gasteiger partial charge on any atom is 0.289 e. The van der Waals surface area contributed by atoms with Gasteiger partial charge in [0, 0.05) is 0 Å². The van der Waals surface area contributed by atoms with E-state index in [1.54, 1.807) is 6.92 Å². The Labute approximate surface area is 93.4 Å². The van der Waals surface area contributed by atoms with Crippen LogP contribution in [0.3, 0.4) is 0 Å². The fourth-order valence-corrected chi connectivity index (χ4v) is 3.45. The van der Waals surface area contributed by atoms with Gasteiger partial charge in [-0.05, 0) is 12.5 Å². The third-order valence-electron chi connectivity index (χ3n) is 1.89. The molecule has 0 unspecified atom stereocenters. The summed E-state index contributed by atoms with van der Waals surface area (Å²) in [6.07, 6.45) is 0. The van der Waals surface area contributed by atoms with Crippen LogP contribution in [0, 0.1) is 6.92 Å². The zero-order valence-electron chi connectivity index (χ0n) is 8.23. The first kappa shape index (κ1) is 13.1. The molecule has 6 nitrogen and oxygen atoms in total. The van der Waals surface area contributed by atoms with Crippen molar-refractivity contribution in [2.24, 2.45) is 0 Å². The molecule has 1 rings (SSSR count). The van der Waals surface area contributed by atoms with E-state index in [-0.39, 0.29) is 5.56 Å². The molecule has 16 heavy (non-hydrogen) atoms. The highest BCUT2D eigenvalue weighted by atomic mass is 32.3. The minimum atomic E-state index is -4.93. The summed E-state index contributed by atoms with van der Waals surface area (Å²) in [6.45, 7) is 1.72. The highest BCUT2D eigenvalue weighted by molar-refractivity contribution is 8.03.